The Balaban J connectivity index is 2.54. The molecule has 1 atom stereocenters. The first-order chi connectivity index (χ1) is 9.32. The number of aryl methyl sites for hydroxylation is 1. The van der Waals surface area contributed by atoms with Gasteiger partial charge in [-0.2, -0.15) is 0 Å². The summed E-state index contributed by atoms with van der Waals surface area (Å²) in [5.74, 6) is -0.117. The minimum absolute atomic E-state index is 0.188. The van der Waals surface area contributed by atoms with E-state index in [-0.39, 0.29) is 11.7 Å². The summed E-state index contributed by atoms with van der Waals surface area (Å²) in [5.41, 5.74) is 1.16. The van der Waals surface area contributed by atoms with Gasteiger partial charge in [-0.3, -0.25) is 4.79 Å². The Bertz CT molecular complexity index is 510. The largest absolute Gasteiger partial charge is 0.329 e. The van der Waals surface area contributed by atoms with Crippen LogP contribution in [0.15, 0.2) is 34.2 Å². The second kappa shape index (κ2) is 8.23. The van der Waals surface area contributed by atoms with Gasteiger partial charge < -0.3 is 5.32 Å². The van der Waals surface area contributed by atoms with Gasteiger partial charge in [0.2, 0.25) is 9.70 Å². The summed E-state index contributed by atoms with van der Waals surface area (Å²) in [7, 11) is 0. The van der Waals surface area contributed by atoms with Crippen molar-refractivity contribution >= 4 is 69.9 Å². The van der Waals surface area contributed by atoms with Gasteiger partial charge in [-0.05, 0) is 31.3 Å². The molecule has 0 saturated carbocycles. The fraction of sp³-hybridized carbons (Fsp3) is 0.333. The number of carbonyl (C=O) groups is 1. The molecule has 0 aliphatic carbocycles. The second-order valence-corrected chi connectivity index (χ2v) is 7.43. The van der Waals surface area contributed by atoms with E-state index in [9.17, 15) is 4.79 Å². The Hall–Kier alpha value is -0.290. The summed E-state index contributed by atoms with van der Waals surface area (Å²) < 4.78 is -1.77. The molecule has 1 amide bonds. The fourth-order valence-corrected chi connectivity index (χ4v) is 2.34. The molecule has 1 aromatic rings. The van der Waals surface area contributed by atoms with Crippen molar-refractivity contribution in [3.63, 3.8) is 0 Å². The number of hydrogen-bond donors (Lipinski definition) is 1. The minimum atomic E-state index is -1.77. The molecule has 0 aromatic heterocycles. The third kappa shape index (κ3) is 6.44. The zero-order valence-corrected chi connectivity index (χ0v) is 14.3. The highest BCUT2D eigenvalue weighted by atomic mass is 35.6. The molecule has 0 heterocycles. The van der Waals surface area contributed by atoms with E-state index < -0.39 is 9.96 Å². The monoisotopic (exact) mass is 368 g/mol. The summed E-state index contributed by atoms with van der Waals surface area (Å²) in [6.45, 7) is 2.00. The molecule has 0 saturated heterocycles. The Morgan fingerprint density at radius 1 is 1.45 bits per heavy atom. The lowest BCUT2D eigenvalue weighted by molar-refractivity contribution is -0.119. The van der Waals surface area contributed by atoms with Crippen molar-refractivity contribution < 1.29 is 4.79 Å². The molecule has 0 spiro atoms. The summed E-state index contributed by atoms with van der Waals surface area (Å²) >= 11 is 22.9. The molecule has 20 heavy (non-hydrogen) atoms. The van der Waals surface area contributed by atoms with E-state index >= 15 is 0 Å². The third-order valence-electron chi connectivity index (χ3n) is 2.18. The number of halogens is 3. The first-order valence-electron chi connectivity index (χ1n) is 5.45. The van der Waals surface area contributed by atoms with E-state index in [0.29, 0.717) is 0 Å². The lowest BCUT2D eigenvalue weighted by Crippen LogP contribution is -2.43. The van der Waals surface area contributed by atoms with Crippen molar-refractivity contribution in [2.24, 2.45) is 4.99 Å². The highest BCUT2D eigenvalue weighted by molar-refractivity contribution is 8.00. The molecule has 1 unspecified atom stereocenters. The van der Waals surface area contributed by atoms with E-state index in [4.69, 9.17) is 34.8 Å². The van der Waals surface area contributed by atoms with Gasteiger partial charge in [0.25, 0.3) is 0 Å². The predicted molar refractivity (Wildman–Crippen MR) is 89.1 cm³/mol. The van der Waals surface area contributed by atoms with Crippen LogP contribution in [0.5, 0.6) is 0 Å². The predicted octanol–water partition coefficient (Wildman–Crippen LogP) is 4.00. The Morgan fingerprint density at radius 2 is 2.05 bits per heavy atom. The number of hydrogen-bond acceptors (Lipinski definition) is 4. The second-order valence-electron chi connectivity index (χ2n) is 3.83. The third-order valence-corrected chi connectivity index (χ3v) is 3.92. The summed E-state index contributed by atoms with van der Waals surface area (Å²) in [4.78, 5) is 16.4. The van der Waals surface area contributed by atoms with Gasteiger partial charge in [0.1, 0.15) is 0 Å². The van der Waals surface area contributed by atoms with Crippen molar-refractivity contribution in [2.75, 3.05) is 5.75 Å². The van der Waals surface area contributed by atoms with Crippen LogP contribution in [0.2, 0.25) is 0 Å². The molecule has 108 valence electrons. The van der Waals surface area contributed by atoms with Gasteiger partial charge in [-0.15, -0.1) is 11.8 Å². The van der Waals surface area contributed by atoms with Crippen LogP contribution in [0.3, 0.4) is 0 Å². The number of aliphatic imine (C=N–C) groups is 1. The molecule has 8 heteroatoms. The normalized spacial score (nSPS) is 12.4. The zero-order chi connectivity index (χ0) is 15.2. The standard InChI is InChI=1S/C12H11Cl3N2OS2/c1-8-2-4-9(5-3-8)20-6-10(18)17-11(16-7-19)12(13,14)15/h2-5,11H,6H2,1H3,(H,17,18). The van der Waals surface area contributed by atoms with Crippen molar-refractivity contribution in [3.8, 4) is 0 Å². The highest BCUT2D eigenvalue weighted by Crippen LogP contribution is 2.31. The Morgan fingerprint density at radius 3 is 2.55 bits per heavy atom. The van der Waals surface area contributed by atoms with Crippen LogP contribution in [0.1, 0.15) is 5.56 Å². The lowest BCUT2D eigenvalue weighted by Gasteiger charge is -2.20. The van der Waals surface area contributed by atoms with E-state index in [2.05, 4.69) is 27.7 Å². The van der Waals surface area contributed by atoms with Crippen LogP contribution in [0.4, 0.5) is 0 Å². The first-order valence-corrected chi connectivity index (χ1v) is 7.98. The maximum Gasteiger partial charge on any atom is 0.232 e. The van der Waals surface area contributed by atoms with Gasteiger partial charge in [-0.1, -0.05) is 52.5 Å². The van der Waals surface area contributed by atoms with Crippen LogP contribution < -0.4 is 5.32 Å². The number of carbonyl (C=O) groups excluding carboxylic acids is 1. The van der Waals surface area contributed by atoms with Gasteiger partial charge in [0, 0.05) is 4.90 Å². The van der Waals surface area contributed by atoms with Gasteiger partial charge in [0.05, 0.1) is 10.9 Å². The summed E-state index contributed by atoms with van der Waals surface area (Å²) in [6.07, 6.45) is -1.05. The van der Waals surface area contributed by atoms with Gasteiger partial charge in [-0.25, -0.2) is 4.99 Å². The number of thiocarbonyl (C=S) groups is 1. The van der Waals surface area contributed by atoms with Crippen molar-refractivity contribution in [1.82, 2.24) is 5.32 Å². The minimum Gasteiger partial charge on any atom is -0.329 e. The summed E-state index contributed by atoms with van der Waals surface area (Å²) in [5, 5.41) is 4.58. The quantitative estimate of drug-likeness (QED) is 0.369. The number of alkyl halides is 3. The average molecular weight is 370 g/mol. The lowest BCUT2D eigenvalue weighted by atomic mass is 10.2. The highest BCUT2D eigenvalue weighted by Gasteiger charge is 2.33. The van der Waals surface area contributed by atoms with Crippen molar-refractivity contribution in [2.45, 2.75) is 21.8 Å². The Labute approximate surface area is 142 Å². The zero-order valence-electron chi connectivity index (χ0n) is 10.4. The SMILES string of the molecule is Cc1ccc(SCC(=O)NC(N=C=S)C(Cl)(Cl)Cl)cc1. The summed E-state index contributed by atoms with van der Waals surface area (Å²) in [6, 6.07) is 7.82. The molecule has 0 radical (unpaired) electrons. The van der Waals surface area contributed by atoms with E-state index in [1.54, 1.807) is 0 Å². The average Bonchev–Trinajstić information content (AvgIpc) is 2.36. The number of nitrogens with one attached hydrogen (secondary N) is 1. The van der Waals surface area contributed by atoms with E-state index in [0.717, 1.165) is 10.5 Å². The molecule has 1 aromatic carbocycles. The molecule has 0 bridgehead atoms. The van der Waals surface area contributed by atoms with Crippen LogP contribution in [0.25, 0.3) is 0 Å². The maximum atomic E-state index is 11.8. The van der Waals surface area contributed by atoms with Gasteiger partial charge in [0.15, 0.2) is 6.17 Å². The topological polar surface area (TPSA) is 41.5 Å². The van der Waals surface area contributed by atoms with Crippen LogP contribution in [0, 0.1) is 6.92 Å². The smallest absolute Gasteiger partial charge is 0.232 e. The molecule has 0 aliphatic rings. The van der Waals surface area contributed by atoms with Gasteiger partial charge >= 0.3 is 0 Å². The number of rotatable bonds is 5. The van der Waals surface area contributed by atoms with Crippen LogP contribution in [-0.4, -0.2) is 26.8 Å². The van der Waals surface area contributed by atoms with E-state index in [1.165, 1.54) is 11.8 Å². The van der Waals surface area contributed by atoms with Crippen molar-refractivity contribution in [3.05, 3.63) is 29.8 Å². The maximum absolute atomic E-state index is 11.8. The molecule has 0 fully saturated rings. The Kier molecular flexibility index (Phi) is 7.30. The molecular weight excluding hydrogens is 359 g/mol. The number of nitrogens with zero attached hydrogens (tertiary/aromatic N) is 1. The molecular formula is C12H11Cl3N2OS2. The number of isothiocyanates is 1. The molecule has 1 N–H and O–H groups in total. The van der Waals surface area contributed by atoms with Crippen LogP contribution >= 0.6 is 58.8 Å². The first kappa shape index (κ1) is 17.8. The fourth-order valence-electron chi connectivity index (χ4n) is 1.22. The number of amides is 1. The molecule has 1 rings (SSSR count). The van der Waals surface area contributed by atoms with Crippen molar-refractivity contribution in [1.29, 1.82) is 0 Å². The number of benzene rings is 1. The molecule has 3 nitrogen and oxygen atoms in total. The van der Waals surface area contributed by atoms with Crippen LogP contribution in [-0.2, 0) is 4.79 Å². The van der Waals surface area contributed by atoms with E-state index in [1.807, 2.05) is 31.2 Å². The molecule has 0 aliphatic heterocycles. The number of thioether (sulfide) groups is 1.